The van der Waals surface area contributed by atoms with E-state index in [0.29, 0.717) is 11.5 Å². The third-order valence-electron chi connectivity index (χ3n) is 4.59. The van der Waals surface area contributed by atoms with Gasteiger partial charge in [0.2, 0.25) is 4.77 Å². The Hall–Kier alpha value is -3.13. The molecule has 0 amide bonds. The molecule has 164 valence electrons. The summed E-state index contributed by atoms with van der Waals surface area (Å²) < 4.78 is 11.7. The molecule has 0 unspecified atom stereocenters. The van der Waals surface area contributed by atoms with Crippen LogP contribution in [0.15, 0.2) is 36.4 Å². The van der Waals surface area contributed by atoms with Crippen molar-refractivity contribution in [3.05, 3.63) is 52.3 Å². The molecule has 1 aromatic heterocycles. The number of rotatable bonds is 4. The highest BCUT2D eigenvalue weighted by molar-refractivity contribution is 7.71. The van der Waals surface area contributed by atoms with Crippen LogP contribution in [0.3, 0.4) is 0 Å². The lowest BCUT2D eigenvalue weighted by Crippen LogP contribution is -2.11. The first-order chi connectivity index (χ1) is 14.3. The average molecular weight is 442 g/mol. The van der Waals surface area contributed by atoms with Gasteiger partial charge >= 0.3 is 12.0 Å². The number of ether oxygens (including phenoxy) is 2. The molecular formula is C23H27N3O4S. The van der Waals surface area contributed by atoms with Gasteiger partial charge in [0.15, 0.2) is 0 Å². The molecule has 0 atom stereocenters. The van der Waals surface area contributed by atoms with Gasteiger partial charge in [-0.3, -0.25) is 4.98 Å². The Balaban J connectivity index is 1.89. The van der Waals surface area contributed by atoms with Gasteiger partial charge in [0.05, 0.1) is 0 Å². The number of nitrogens with zero attached hydrogens (tertiary/aromatic N) is 2. The number of H-pyrrole nitrogens is 1. The first kappa shape index (κ1) is 22.6. The van der Waals surface area contributed by atoms with Crippen LogP contribution in [0.5, 0.6) is 35.0 Å². The van der Waals surface area contributed by atoms with Crippen molar-refractivity contribution < 1.29 is 19.7 Å². The third kappa shape index (κ3) is 5.52. The lowest BCUT2D eigenvalue weighted by atomic mass is 9.86. The molecule has 0 spiro atoms. The Morgan fingerprint density at radius 1 is 0.742 bits per heavy atom. The second kappa shape index (κ2) is 8.19. The molecular weight excluding hydrogens is 414 g/mol. The summed E-state index contributed by atoms with van der Waals surface area (Å²) in [6, 6.07) is 10.2. The number of aromatic hydroxyl groups is 2. The van der Waals surface area contributed by atoms with Gasteiger partial charge in [0.1, 0.15) is 23.0 Å². The number of aromatic nitrogens is 3. The molecule has 0 saturated heterocycles. The lowest BCUT2D eigenvalue weighted by molar-refractivity contribution is 0.389. The van der Waals surface area contributed by atoms with Crippen LogP contribution in [0.25, 0.3) is 0 Å². The predicted octanol–water partition coefficient (Wildman–Crippen LogP) is 6.12. The van der Waals surface area contributed by atoms with Crippen molar-refractivity contribution >= 4 is 12.2 Å². The highest BCUT2D eigenvalue weighted by Crippen LogP contribution is 2.36. The summed E-state index contributed by atoms with van der Waals surface area (Å²) in [4.78, 5) is 11.1. The highest BCUT2D eigenvalue weighted by Gasteiger charge is 2.20. The molecule has 0 aliphatic rings. The van der Waals surface area contributed by atoms with Crippen molar-refractivity contribution in [2.24, 2.45) is 0 Å². The van der Waals surface area contributed by atoms with Gasteiger partial charge in [-0.1, -0.05) is 41.5 Å². The summed E-state index contributed by atoms with van der Waals surface area (Å²) in [6.07, 6.45) is 0. The van der Waals surface area contributed by atoms with Gasteiger partial charge < -0.3 is 19.7 Å². The SMILES string of the molecule is CC(C)(C)c1cc(Oc2nc(=S)nc(Oc3ccc(O)c(C(C)(C)C)c3)[nH]2)ccc1O. The molecule has 0 bridgehead atoms. The van der Waals surface area contributed by atoms with Crippen molar-refractivity contribution in [2.45, 2.75) is 52.4 Å². The summed E-state index contributed by atoms with van der Waals surface area (Å²) in [7, 11) is 0. The summed E-state index contributed by atoms with van der Waals surface area (Å²) in [5, 5.41) is 20.3. The van der Waals surface area contributed by atoms with E-state index in [1.54, 1.807) is 36.4 Å². The van der Waals surface area contributed by atoms with Gasteiger partial charge in [0, 0.05) is 11.1 Å². The van der Waals surface area contributed by atoms with E-state index in [4.69, 9.17) is 21.7 Å². The molecule has 3 aromatic rings. The van der Waals surface area contributed by atoms with Gasteiger partial charge in [0.25, 0.3) is 0 Å². The Bertz CT molecular complexity index is 1070. The van der Waals surface area contributed by atoms with E-state index in [1.165, 1.54) is 0 Å². The van der Waals surface area contributed by atoms with Crippen LogP contribution < -0.4 is 9.47 Å². The number of benzene rings is 2. The molecule has 3 rings (SSSR count). The average Bonchev–Trinajstić information content (AvgIpc) is 2.62. The first-order valence-electron chi connectivity index (χ1n) is 9.84. The molecule has 0 aliphatic carbocycles. The maximum absolute atomic E-state index is 10.1. The third-order valence-corrected chi connectivity index (χ3v) is 4.77. The molecule has 3 N–H and O–H groups in total. The first-order valence-corrected chi connectivity index (χ1v) is 10.2. The summed E-state index contributed by atoms with van der Waals surface area (Å²) >= 11 is 5.15. The summed E-state index contributed by atoms with van der Waals surface area (Å²) in [5.74, 6) is 1.36. The second-order valence-electron chi connectivity index (χ2n) is 9.30. The number of hydrogen-bond acceptors (Lipinski definition) is 7. The van der Waals surface area contributed by atoms with Crippen LogP contribution >= 0.6 is 12.2 Å². The predicted molar refractivity (Wildman–Crippen MR) is 121 cm³/mol. The zero-order valence-electron chi connectivity index (χ0n) is 18.5. The molecule has 7 nitrogen and oxygen atoms in total. The van der Waals surface area contributed by atoms with Gasteiger partial charge in [-0.05, 0) is 59.4 Å². The maximum atomic E-state index is 10.1. The number of phenolic OH excluding ortho intramolecular Hbond substituents is 2. The van der Waals surface area contributed by atoms with E-state index in [9.17, 15) is 10.2 Å². The maximum Gasteiger partial charge on any atom is 0.305 e. The monoisotopic (exact) mass is 441 g/mol. The Kier molecular flexibility index (Phi) is 5.96. The number of hydrogen-bond donors (Lipinski definition) is 3. The molecule has 0 saturated carbocycles. The topological polar surface area (TPSA) is 100 Å². The van der Waals surface area contributed by atoms with E-state index in [0.717, 1.165) is 11.1 Å². The van der Waals surface area contributed by atoms with Gasteiger partial charge in [-0.2, -0.15) is 9.97 Å². The van der Waals surface area contributed by atoms with E-state index in [2.05, 4.69) is 15.0 Å². The Morgan fingerprint density at radius 3 is 1.48 bits per heavy atom. The zero-order valence-corrected chi connectivity index (χ0v) is 19.3. The fraction of sp³-hybridized carbons (Fsp3) is 0.348. The second-order valence-corrected chi connectivity index (χ2v) is 9.67. The normalized spacial score (nSPS) is 11.9. The van der Waals surface area contributed by atoms with Crippen molar-refractivity contribution in [2.75, 3.05) is 0 Å². The Labute approximate surface area is 186 Å². The van der Waals surface area contributed by atoms with Crippen LogP contribution in [0.2, 0.25) is 0 Å². The largest absolute Gasteiger partial charge is 0.508 e. The summed E-state index contributed by atoms with van der Waals surface area (Å²) in [5.41, 5.74) is 0.959. The van der Waals surface area contributed by atoms with Gasteiger partial charge in [-0.25, -0.2) is 0 Å². The molecule has 31 heavy (non-hydrogen) atoms. The van der Waals surface area contributed by atoms with E-state index in [1.807, 2.05) is 41.5 Å². The molecule has 8 heteroatoms. The van der Waals surface area contributed by atoms with E-state index in [-0.39, 0.29) is 39.1 Å². The van der Waals surface area contributed by atoms with E-state index < -0.39 is 0 Å². The van der Waals surface area contributed by atoms with Crippen LogP contribution in [0.1, 0.15) is 52.7 Å². The summed E-state index contributed by atoms with van der Waals surface area (Å²) in [6.45, 7) is 12.0. The van der Waals surface area contributed by atoms with Crippen molar-refractivity contribution in [1.82, 2.24) is 15.0 Å². The molecule has 1 heterocycles. The van der Waals surface area contributed by atoms with Crippen molar-refractivity contribution in [1.29, 1.82) is 0 Å². The minimum absolute atomic E-state index is 0.0494. The van der Waals surface area contributed by atoms with Crippen LogP contribution in [0, 0.1) is 4.77 Å². The fourth-order valence-electron chi connectivity index (χ4n) is 3.02. The number of aromatic amines is 1. The molecule has 2 aromatic carbocycles. The standard InChI is InChI=1S/C23H27N3O4S/c1-22(2,3)15-11-13(7-9-17(15)27)29-19-24-20(26-21(31)25-19)30-14-8-10-18(28)16(12-14)23(4,5)6/h7-12,27-28H,1-6H3,(H,24,25,26,31). The Morgan fingerprint density at radius 2 is 1.13 bits per heavy atom. The fourth-order valence-corrected chi connectivity index (χ4v) is 3.19. The highest BCUT2D eigenvalue weighted by atomic mass is 32.1. The van der Waals surface area contributed by atoms with Gasteiger partial charge in [-0.15, -0.1) is 0 Å². The van der Waals surface area contributed by atoms with Crippen molar-refractivity contribution in [3.63, 3.8) is 0 Å². The zero-order chi connectivity index (χ0) is 23.0. The van der Waals surface area contributed by atoms with E-state index >= 15 is 0 Å². The number of phenols is 2. The molecule has 0 aliphatic heterocycles. The lowest BCUT2D eigenvalue weighted by Gasteiger charge is -2.21. The van der Waals surface area contributed by atoms with Crippen molar-refractivity contribution in [3.8, 4) is 35.0 Å². The molecule has 0 radical (unpaired) electrons. The van der Waals surface area contributed by atoms with Crippen LogP contribution in [-0.2, 0) is 10.8 Å². The minimum Gasteiger partial charge on any atom is -0.508 e. The number of nitrogens with one attached hydrogen (secondary N) is 1. The smallest absolute Gasteiger partial charge is 0.305 e. The molecule has 0 fully saturated rings. The minimum atomic E-state index is -0.264. The van der Waals surface area contributed by atoms with Crippen LogP contribution in [-0.4, -0.2) is 25.2 Å². The quantitative estimate of drug-likeness (QED) is 0.419. The van der Waals surface area contributed by atoms with Crippen LogP contribution in [0.4, 0.5) is 0 Å².